The van der Waals surface area contributed by atoms with Gasteiger partial charge in [-0.2, -0.15) is 15.3 Å². The van der Waals surface area contributed by atoms with E-state index in [2.05, 4.69) is 57.6 Å². The van der Waals surface area contributed by atoms with Crippen LogP contribution in [0.5, 0.6) is 5.75 Å². The molecular weight excluding hydrogens is 448 g/mol. The monoisotopic (exact) mass is 472 g/mol. The molecule has 1 atom stereocenters. The van der Waals surface area contributed by atoms with Gasteiger partial charge in [0.2, 0.25) is 5.95 Å². The van der Waals surface area contributed by atoms with Crippen molar-refractivity contribution in [1.29, 1.82) is 5.26 Å². The SMILES string of the molecule is COc1c(Nc2ncc(C#N)s2)nc(N2CCCC2c2ccc(C)cc2)nc1-c1cnn(C)c1. The van der Waals surface area contributed by atoms with E-state index >= 15 is 0 Å². The summed E-state index contributed by atoms with van der Waals surface area (Å²) in [5.41, 5.74) is 3.96. The maximum Gasteiger partial charge on any atom is 0.228 e. The molecule has 1 aliphatic heterocycles. The number of ether oxygens (including phenoxy) is 1. The van der Waals surface area contributed by atoms with Crippen LogP contribution in [0.1, 0.15) is 34.9 Å². The Kier molecular flexibility index (Phi) is 5.86. The van der Waals surface area contributed by atoms with E-state index in [9.17, 15) is 5.26 Å². The minimum atomic E-state index is 0.189. The lowest BCUT2D eigenvalue weighted by Crippen LogP contribution is -2.25. The molecule has 0 bridgehead atoms. The Bertz CT molecular complexity index is 1350. The number of aryl methyl sites for hydroxylation is 2. The van der Waals surface area contributed by atoms with Gasteiger partial charge in [-0.3, -0.25) is 4.68 Å². The molecule has 1 unspecified atom stereocenters. The van der Waals surface area contributed by atoms with Crippen LogP contribution in [0.15, 0.2) is 42.9 Å². The van der Waals surface area contributed by atoms with E-state index in [1.807, 2.05) is 13.2 Å². The highest BCUT2D eigenvalue weighted by molar-refractivity contribution is 7.16. The van der Waals surface area contributed by atoms with E-state index in [1.54, 1.807) is 18.0 Å². The van der Waals surface area contributed by atoms with Crippen molar-refractivity contribution in [2.45, 2.75) is 25.8 Å². The number of nitrogens with one attached hydrogen (secondary N) is 1. The van der Waals surface area contributed by atoms with Gasteiger partial charge in [0.15, 0.2) is 16.7 Å². The number of nitrogens with zero attached hydrogens (tertiary/aromatic N) is 7. The van der Waals surface area contributed by atoms with Gasteiger partial charge in [-0.1, -0.05) is 41.2 Å². The predicted molar refractivity (Wildman–Crippen MR) is 131 cm³/mol. The third kappa shape index (κ3) is 4.18. The van der Waals surface area contributed by atoms with Crippen LogP contribution >= 0.6 is 11.3 Å². The second kappa shape index (κ2) is 9.11. The third-order valence-electron chi connectivity index (χ3n) is 5.85. The molecule has 10 heteroatoms. The van der Waals surface area contributed by atoms with Gasteiger partial charge in [-0.05, 0) is 25.3 Å². The number of anilines is 3. The molecule has 3 aromatic heterocycles. The van der Waals surface area contributed by atoms with E-state index in [-0.39, 0.29) is 6.04 Å². The first kappa shape index (κ1) is 21.9. The lowest BCUT2D eigenvalue weighted by atomic mass is 10.0. The van der Waals surface area contributed by atoms with Crippen LogP contribution < -0.4 is 15.0 Å². The van der Waals surface area contributed by atoms with Crippen molar-refractivity contribution in [3.05, 3.63) is 58.9 Å². The number of benzene rings is 1. The van der Waals surface area contributed by atoms with E-state index < -0.39 is 0 Å². The van der Waals surface area contributed by atoms with Crippen LogP contribution in [0.3, 0.4) is 0 Å². The van der Waals surface area contributed by atoms with Crippen LogP contribution in [0.2, 0.25) is 0 Å². The number of aromatic nitrogens is 5. The van der Waals surface area contributed by atoms with Crippen molar-refractivity contribution in [1.82, 2.24) is 24.7 Å². The summed E-state index contributed by atoms with van der Waals surface area (Å²) < 4.78 is 7.49. The van der Waals surface area contributed by atoms with Crippen molar-refractivity contribution in [2.24, 2.45) is 7.05 Å². The molecule has 0 aliphatic carbocycles. The highest BCUT2D eigenvalue weighted by atomic mass is 32.1. The summed E-state index contributed by atoms with van der Waals surface area (Å²) >= 11 is 1.26. The van der Waals surface area contributed by atoms with Gasteiger partial charge in [-0.25, -0.2) is 9.97 Å². The average molecular weight is 473 g/mol. The van der Waals surface area contributed by atoms with Gasteiger partial charge >= 0.3 is 0 Å². The van der Waals surface area contributed by atoms with Crippen LogP contribution in [-0.2, 0) is 7.05 Å². The second-order valence-electron chi connectivity index (χ2n) is 8.19. The Balaban J connectivity index is 1.61. The summed E-state index contributed by atoms with van der Waals surface area (Å²) in [4.78, 5) is 16.9. The molecule has 1 aromatic carbocycles. The van der Waals surface area contributed by atoms with Crippen molar-refractivity contribution < 1.29 is 4.74 Å². The number of nitriles is 1. The van der Waals surface area contributed by atoms with Gasteiger partial charge in [0, 0.05) is 25.4 Å². The van der Waals surface area contributed by atoms with Gasteiger partial charge in [-0.15, -0.1) is 0 Å². The predicted octanol–water partition coefficient (Wildman–Crippen LogP) is 4.61. The number of hydrogen-bond acceptors (Lipinski definition) is 9. The number of methoxy groups -OCH3 is 1. The number of rotatable bonds is 6. The molecule has 0 radical (unpaired) electrons. The molecule has 0 saturated carbocycles. The highest BCUT2D eigenvalue weighted by Gasteiger charge is 2.30. The Hall–Kier alpha value is -3.97. The minimum absolute atomic E-state index is 0.189. The molecule has 4 aromatic rings. The fourth-order valence-corrected chi connectivity index (χ4v) is 4.82. The zero-order valence-electron chi connectivity index (χ0n) is 19.2. The first-order chi connectivity index (χ1) is 16.6. The summed E-state index contributed by atoms with van der Waals surface area (Å²) in [7, 11) is 3.46. The molecule has 1 aliphatic rings. The second-order valence-corrected chi connectivity index (χ2v) is 9.22. The number of hydrogen-bond donors (Lipinski definition) is 1. The van der Waals surface area contributed by atoms with Crippen molar-refractivity contribution in [3.63, 3.8) is 0 Å². The van der Waals surface area contributed by atoms with Crippen molar-refractivity contribution in [2.75, 3.05) is 23.9 Å². The van der Waals surface area contributed by atoms with E-state index in [0.29, 0.717) is 33.2 Å². The topological polar surface area (TPSA) is 105 Å². The van der Waals surface area contributed by atoms with Crippen LogP contribution in [0, 0.1) is 18.3 Å². The summed E-state index contributed by atoms with van der Waals surface area (Å²) in [6, 6.07) is 11.0. The Morgan fingerprint density at radius 2 is 2.03 bits per heavy atom. The molecule has 5 rings (SSSR count). The lowest BCUT2D eigenvalue weighted by Gasteiger charge is -2.26. The molecule has 0 spiro atoms. The zero-order valence-corrected chi connectivity index (χ0v) is 20.0. The van der Waals surface area contributed by atoms with E-state index in [4.69, 9.17) is 14.7 Å². The van der Waals surface area contributed by atoms with Crippen molar-refractivity contribution >= 4 is 28.2 Å². The molecule has 1 saturated heterocycles. The molecule has 4 heterocycles. The van der Waals surface area contributed by atoms with E-state index in [1.165, 1.54) is 28.7 Å². The summed E-state index contributed by atoms with van der Waals surface area (Å²) in [5.74, 6) is 1.61. The first-order valence-electron chi connectivity index (χ1n) is 11.0. The van der Waals surface area contributed by atoms with Crippen LogP contribution in [-0.4, -0.2) is 38.4 Å². The quantitative estimate of drug-likeness (QED) is 0.434. The average Bonchev–Trinajstić information content (AvgIpc) is 3.60. The first-order valence-corrected chi connectivity index (χ1v) is 11.8. The van der Waals surface area contributed by atoms with Gasteiger partial charge < -0.3 is 15.0 Å². The molecule has 34 heavy (non-hydrogen) atoms. The summed E-state index contributed by atoms with van der Waals surface area (Å²) in [6.07, 6.45) is 7.28. The highest BCUT2D eigenvalue weighted by Crippen LogP contribution is 2.41. The molecule has 1 N–H and O–H groups in total. The summed E-state index contributed by atoms with van der Waals surface area (Å²) in [5, 5.41) is 17.3. The Morgan fingerprint density at radius 1 is 1.21 bits per heavy atom. The molecular formula is C24H24N8OS. The maximum atomic E-state index is 9.18. The standard InChI is InChI=1S/C24H24N8OS/c1-15-6-8-16(9-7-15)19-5-4-10-32(19)23-28-20(17-12-27-31(2)14-17)21(33-3)22(29-23)30-24-26-13-18(11-25)34-24/h6-9,12-14,19H,4-5,10H2,1-3H3,(H,26,28,29,30). The third-order valence-corrected chi connectivity index (χ3v) is 6.67. The van der Waals surface area contributed by atoms with E-state index in [0.717, 1.165) is 24.9 Å². The molecule has 0 amide bonds. The smallest absolute Gasteiger partial charge is 0.228 e. The zero-order chi connectivity index (χ0) is 23.7. The van der Waals surface area contributed by atoms with Gasteiger partial charge in [0.05, 0.1) is 25.5 Å². The van der Waals surface area contributed by atoms with Crippen molar-refractivity contribution in [3.8, 4) is 23.1 Å². The largest absolute Gasteiger partial charge is 0.491 e. The fourth-order valence-electron chi connectivity index (χ4n) is 4.21. The van der Waals surface area contributed by atoms with Gasteiger partial charge in [0.25, 0.3) is 0 Å². The lowest BCUT2D eigenvalue weighted by molar-refractivity contribution is 0.415. The van der Waals surface area contributed by atoms with Gasteiger partial charge in [0.1, 0.15) is 16.6 Å². The van der Waals surface area contributed by atoms with Crippen LogP contribution in [0.25, 0.3) is 11.3 Å². The maximum absolute atomic E-state index is 9.18. The fraction of sp³-hybridized carbons (Fsp3) is 0.292. The molecule has 172 valence electrons. The minimum Gasteiger partial charge on any atom is -0.491 e. The van der Waals surface area contributed by atoms with Crippen LogP contribution in [0.4, 0.5) is 16.9 Å². The Morgan fingerprint density at radius 3 is 2.71 bits per heavy atom. The number of thiazole rings is 1. The Labute approximate surface area is 201 Å². The summed E-state index contributed by atoms with van der Waals surface area (Å²) in [6.45, 7) is 2.95. The normalized spacial score (nSPS) is 15.4. The molecule has 9 nitrogen and oxygen atoms in total. The molecule has 1 fully saturated rings.